The minimum absolute atomic E-state index is 0.0303. The lowest BCUT2D eigenvalue weighted by Crippen LogP contribution is -2.45. The lowest BCUT2D eigenvalue weighted by atomic mass is 9.95. The van der Waals surface area contributed by atoms with Crippen LogP contribution in [-0.2, 0) is 19.2 Å². The van der Waals surface area contributed by atoms with Crippen LogP contribution in [0.15, 0.2) is 0 Å². The van der Waals surface area contributed by atoms with Crippen molar-refractivity contribution in [1.29, 1.82) is 0 Å². The molecule has 120 valence electrons. The highest BCUT2D eigenvalue weighted by Crippen LogP contribution is 2.16. The first-order chi connectivity index (χ1) is 9.58. The molecule has 0 saturated carbocycles. The number of carboxylic acids is 3. The van der Waals surface area contributed by atoms with Gasteiger partial charge in [0.1, 0.15) is 6.04 Å². The fourth-order valence-corrected chi connectivity index (χ4v) is 1.47. The van der Waals surface area contributed by atoms with Crippen LogP contribution < -0.4 is 11.1 Å². The molecule has 0 fully saturated rings. The Morgan fingerprint density at radius 3 is 2.10 bits per heavy atom. The van der Waals surface area contributed by atoms with Crippen molar-refractivity contribution < 1.29 is 39.6 Å². The Balaban J connectivity index is 4.25. The highest BCUT2D eigenvalue weighted by molar-refractivity contribution is 5.90. The van der Waals surface area contributed by atoms with Crippen molar-refractivity contribution >= 4 is 23.8 Å². The fourth-order valence-electron chi connectivity index (χ4n) is 1.47. The maximum absolute atomic E-state index is 11.4. The van der Waals surface area contributed by atoms with Gasteiger partial charge in [0.2, 0.25) is 5.91 Å². The number of hydrogen-bond donors (Lipinski definition) is 6. The van der Waals surface area contributed by atoms with Crippen molar-refractivity contribution in [2.75, 3.05) is 6.54 Å². The monoisotopic (exact) mass is 306 g/mol. The number of rotatable bonds is 10. The summed E-state index contributed by atoms with van der Waals surface area (Å²) in [5.74, 6) is -5.40. The zero-order valence-electron chi connectivity index (χ0n) is 11.1. The number of carboxylic acid groups (broad SMARTS) is 3. The van der Waals surface area contributed by atoms with Gasteiger partial charge in [0.15, 0.2) is 5.60 Å². The molecule has 0 aliphatic heterocycles. The summed E-state index contributed by atoms with van der Waals surface area (Å²) in [6.45, 7) is 0.0303. The van der Waals surface area contributed by atoms with Gasteiger partial charge in [-0.1, -0.05) is 0 Å². The summed E-state index contributed by atoms with van der Waals surface area (Å²) < 4.78 is 0. The Kier molecular flexibility index (Phi) is 7.31. The molecule has 0 aromatic heterocycles. The van der Waals surface area contributed by atoms with E-state index in [0.29, 0.717) is 0 Å². The number of nitrogens with one attached hydrogen (secondary N) is 1. The second kappa shape index (κ2) is 8.17. The van der Waals surface area contributed by atoms with E-state index in [1.807, 2.05) is 0 Å². The molecular formula is C11H18N2O8. The highest BCUT2D eigenvalue weighted by atomic mass is 16.4. The molecule has 0 spiro atoms. The van der Waals surface area contributed by atoms with E-state index < -0.39 is 48.3 Å². The van der Waals surface area contributed by atoms with Crippen LogP contribution in [0.1, 0.15) is 25.7 Å². The van der Waals surface area contributed by atoms with Crippen molar-refractivity contribution in [3.05, 3.63) is 0 Å². The van der Waals surface area contributed by atoms with Gasteiger partial charge in [-0.3, -0.25) is 14.4 Å². The Labute approximate surface area is 119 Å². The quantitative estimate of drug-likeness (QED) is 0.247. The van der Waals surface area contributed by atoms with Crippen molar-refractivity contribution in [1.82, 2.24) is 5.32 Å². The number of aliphatic carboxylic acids is 3. The lowest BCUT2D eigenvalue weighted by Gasteiger charge is -2.20. The predicted octanol–water partition coefficient (Wildman–Crippen LogP) is -2.02. The number of carbonyl (C=O) groups excluding carboxylic acids is 1. The van der Waals surface area contributed by atoms with E-state index in [9.17, 15) is 24.3 Å². The van der Waals surface area contributed by atoms with Gasteiger partial charge in [-0.25, -0.2) is 4.79 Å². The first kappa shape index (κ1) is 18.8. The summed E-state index contributed by atoms with van der Waals surface area (Å²) in [6, 6.07) is -1.06. The smallest absolute Gasteiger partial charge is 0.336 e. The van der Waals surface area contributed by atoms with E-state index >= 15 is 0 Å². The topological polar surface area (TPSA) is 187 Å². The third kappa shape index (κ3) is 7.22. The maximum Gasteiger partial charge on any atom is 0.336 e. The van der Waals surface area contributed by atoms with Crippen molar-refractivity contribution in [2.45, 2.75) is 37.3 Å². The van der Waals surface area contributed by atoms with Crippen LogP contribution in [0.4, 0.5) is 0 Å². The van der Waals surface area contributed by atoms with Crippen LogP contribution in [0.3, 0.4) is 0 Å². The van der Waals surface area contributed by atoms with Crippen molar-refractivity contribution in [2.24, 2.45) is 5.73 Å². The van der Waals surface area contributed by atoms with Crippen molar-refractivity contribution in [3.63, 3.8) is 0 Å². The van der Waals surface area contributed by atoms with Crippen LogP contribution in [0.25, 0.3) is 0 Å². The predicted molar refractivity (Wildman–Crippen MR) is 67.3 cm³/mol. The third-order valence-corrected chi connectivity index (χ3v) is 2.63. The maximum atomic E-state index is 11.4. The Hall–Kier alpha value is -2.20. The standard InChI is InChI=1S/C11H18N2O8/c12-6(9(17)18)2-1-3-13-7(14)4-11(21,10(19)20)5-8(15)16/h6,21H,1-5,12H2,(H,13,14)(H,15,16)(H,17,18)(H,19,20)/t6-,11?/m1/s1. The summed E-state index contributed by atoms with van der Waals surface area (Å²) in [5.41, 5.74) is 2.55. The molecule has 0 aromatic carbocycles. The molecule has 0 heterocycles. The van der Waals surface area contributed by atoms with E-state index in [0.717, 1.165) is 0 Å². The average Bonchev–Trinajstić information content (AvgIpc) is 2.32. The second-order valence-electron chi connectivity index (χ2n) is 4.52. The van der Waals surface area contributed by atoms with Crippen LogP contribution >= 0.6 is 0 Å². The molecule has 1 unspecified atom stereocenters. The molecule has 0 aliphatic rings. The van der Waals surface area contributed by atoms with E-state index in [4.69, 9.17) is 21.1 Å². The Morgan fingerprint density at radius 1 is 1.10 bits per heavy atom. The highest BCUT2D eigenvalue weighted by Gasteiger charge is 2.40. The van der Waals surface area contributed by atoms with Gasteiger partial charge in [0.25, 0.3) is 0 Å². The van der Waals surface area contributed by atoms with E-state index in [-0.39, 0.29) is 19.4 Å². The van der Waals surface area contributed by atoms with Gasteiger partial charge in [-0.05, 0) is 12.8 Å². The second-order valence-corrected chi connectivity index (χ2v) is 4.52. The molecule has 1 amide bonds. The van der Waals surface area contributed by atoms with Gasteiger partial charge < -0.3 is 31.5 Å². The normalized spacial score (nSPS) is 14.8. The SMILES string of the molecule is N[C@H](CCCNC(=O)CC(O)(CC(=O)O)C(=O)O)C(=O)O. The molecule has 0 radical (unpaired) electrons. The van der Waals surface area contributed by atoms with Crippen LogP contribution in [0.5, 0.6) is 0 Å². The Bertz CT molecular complexity index is 424. The average molecular weight is 306 g/mol. The van der Waals surface area contributed by atoms with Crippen LogP contribution in [-0.4, -0.2) is 62.4 Å². The summed E-state index contributed by atoms with van der Waals surface area (Å²) in [7, 11) is 0. The first-order valence-corrected chi connectivity index (χ1v) is 6.01. The minimum atomic E-state index is -2.69. The first-order valence-electron chi connectivity index (χ1n) is 6.01. The van der Waals surface area contributed by atoms with Gasteiger partial charge in [0.05, 0.1) is 12.8 Å². The molecule has 0 rings (SSSR count). The fraction of sp³-hybridized carbons (Fsp3) is 0.636. The van der Waals surface area contributed by atoms with Crippen molar-refractivity contribution in [3.8, 4) is 0 Å². The third-order valence-electron chi connectivity index (χ3n) is 2.63. The summed E-state index contributed by atoms with van der Waals surface area (Å²) in [5, 5.41) is 37.7. The molecule has 2 atom stereocenters. The molecule has 7 N–H and O–H groups in total. The number of carbonyl (C=O) groups is 4. The molecular weight excluding hydrogens is 288 g/mol. The Morgan fingerprint density at radius 2 is 1.67 bits per heavy atom. The van der Waals surface area contributed by atoms with Gasteiger partial charge >= 0.3 is 17.9 Å². The molecule has 0 bridgehead atoms. The van der Waals surface area contributed by atoms with Gasteiger partial charge in [-0.15, -0.1) is 0 Å². The summed E-state index contributed by atoms with van der Waals surface area (Å²) in [6.07, 6.45) is -1.68. The minimum Gasteiger partial charge on any atom is -0.481 e. The molecule has 10 nitrogen and oxygen atoms in total. The van der Waals surface area contributed by atoms with Crippen LogP contribution in [0.2, 0.25) is 0 Å². The molecule has 21 heavy (non-hydrogen) atoms. The van der Waals surface area contributed by atoms with E-state index in [1.54, 1.807) is 0 Å². The zero-order chi connectivity index (χ0) is 16.6. The number of aliphatic hydroxyl groups is 1. The summed E-state index contributed by atoms with van der Waals surface area (Å²) in [4.78, 5) is 43.2. The summed E-state index contributed by atoms with van der Waals surface area (Å²) >= 11 is 0. The molecule has 0 aliphatic carbocycles. The largest absolute Gasteiger partial charge is 0.481 e. The number of nitrogens with two attached hydrogens (primary N) is 1. The zero-order valence-corrected chi connectivity index (χ0v) is 11.1. The van der Waals surface area contributed by atoms with Crippen LogP contribution in [0, 0.1) is 0 Å². The molecule has 10 heteroatoms. The van der Waals surface area contributed by atoms with Gasteiger partial charge in [-0.2, -0.15) is 0 Å². The van der Waals surface area contributed by atoms with Gasteiger partial charge in [0, 0.05) is 6.54 Å². The molecule has 0 aromatic rings. The lowest BCUT2D eigenvalue weighted by molar-refractivity contribution is -0.167. The number of hydrogen-bond acceptors (Lipinski definition) is 6. The molecule has 0 saturated heterocycles. The van der Waals surface area contributed by atoms with E-state index in [2.05, 4.69) is 5.32 Å². The number of amides is 1. The van der Waals surface area contributed by atoms with E-state index in [1.165, 1.54) is 0 Å².